The number of halogens is 1. The van der Waals surface area contributed by atoms with Crippen molar-refractivity contribution in [3.63, 3.8) is 0 Å². The van der Waals surface area contributed by atoms with Gasteiger partial charge in [-0.15, -0.1) is 0 Å². The van der Waals surface area contributed by atoms with Crippen molar-refractivity contribution in [3.05, 3.63) is 70.6 Å². The molecule has 2 N–H and O–H groups in total. The van der Waals surface area contributed by atoms with E-state index in [-0.39, 0.29) is 23.3 Å². The molecule has 0 radical (unpaired) electrons. The number of aryl methyl sites for hydroxylation is 1. The molecule has 0 amide bonds. The van der Waals surface area contributed by atoms with E-state index in [0.29, 0.717) is 23.2 Å². The molecular weight excluding hydrogens is 447 g/mol. The molecule has 1 atom stereocenters. The number of ether oxygens (including phenoxy) is 1. The van der Waals surface area contributed by atoms with Gasteiger partial charge in [-0.05, 0) is 54.7 Å². The summed E-state index contributed by atoms with van der Waals surface area (Å²) < 4.78 is 21.2. The summed E-state index contributed by atoms with van der Waals surface area (Å²) in [5, 5.41) is 12.2. The van der Waals surface area contributed by atoms with Gasteiger partial charge >= 0.3 is 6.01 Å². The van der Waals surface area contributed by atoms with Crippen molar-refractivity contribution in [2.45, 2.75) is 32.2 Å². The van der Waals surface area contributed by atoms with Crippen molar-refractivity contribution in [3.8, 4) is 22.9 Å². The van der Waals surface area contributed by atoms with Gasteiger partial charge < -0.3 is 20.6 Å². The Kier molecular flexibility index (Phi) is 4.15. The Balaban J connectivity index is 1.31. The van der Waals surface area contributed by atoms with Gasteiger partial charge in [0.2, 0.25) is 5.52 Å². The van der Waals surface area contributed by atoms with Crippen LogP contribution in [0.25, 0.3) is 22.2 Å². The highest BCUT2D eigenvalue weighted by atomic mass is 19.1. The molecule has 9 heteroatoms. The zero-order valence-electron chi connectivity index (χ0n) is 19.2. The maximum atomic E-state index is 14.4. The lowest BCUT2D eigenvalue weighted by Crippen LogP contribution is -2.69. The molecule has 1 saturated carbocycles. The van der Waals surface area contributed by atoms with Crippen molar-refractivity contribution < 1.29 is 13.9 Å². The van der Waals surface area contributed by atoms with Crippen molar-refractivity contribution in [2.75, 3.05) is 18.0 Å². The van der Waals surface area contributed by atoms with Gasteiger partial charge in [0, 0.05) is 42.6 Å². The second kappa shape index (κ2) is 7.08. The number of hydrogen-bond donors (Lipinski definition) is 1. The molecule has 4 aromatic rings. The number of rotatable bonds is 3. The molecule has 35 heavy (non-hydrogen) atoms. The molecule has 3 aliphatic rings. The predicted molar refractivity (Wildman–Crippen MR) is 128 cm³/mol. The summed E-state index contributed by atoms with van der Waals surface area (Å²) in [7, 11) is 0. The minimum Gasteiger partial charge on any atom is -0.618 e. The minimum atomic E-state index is -0.269. The summed E-state index contributed by atoms with van der Waals surface area (Å²) in [6, 6.07) is 8.56. The van der Waals surface area contributed by atoms with E-state index in [9.17, 15) is 9.60 Å². The van der Waals surface area contributed by atoms with Gasteiger partial charge in [0.25, 0.3) is 0 Å². The first-order valence-corrected chi connectivity index (χ1v) is 11.8. The molecule has 1 spiro atoms. The molecule has 0 bridgehead atoms. The van der Waals surface area contributed by atoms with Crippen LogP contribution in [0.2, 0.25) is 0 Å². The van der Waals surface area contributed by atoms with Crippen LogP contribution < -0.4 is 20.1 Å². The maximum absolute atomic E-state index is 14.4. The van der Waals surface area contributed by atoms with Gasteiger partial charge in [0.15, 0.2) is 11.9 Å². The van der Waals surface area contributed by atoms with Crippen molar-refractivity contribution in [2.24, 2.45) is 11.1 Å². The minimum absolute atomic E-state index is 0.141. The number of hydrogen-bond acceptors (Lipinski definition) is 7. The highest BCUT2D eigenvalue weighted by Gasteiger charge is 2.54. The zero-order valence-corrected chi connectivity index (χ0v) is 19.2. The average Bonchev–Trinajstić information content (AvgIpc) is 3.16. The summed E-state index contributed by atoms with van der Waals surface area (Å²) in [6.07, 6.45) is 5.72. The van der Waals surface area contributed by atoms with Crippen molar-refractivity contribution >= 4 is 16.9 Å². The number of nitrogens with zero attached hydrogens (tertiary/aromatic N) is 5. The first-order valence-electron chi connectivity index (χ1n) is 11.8. The molecule has 7 rings (SSSR count). The number of anilines is 1. The third-order valence-electron chi connectivity index (χ3n) is 7.84. The summed E-state index contributed by atoms with van der Waals surface area (Å²) in [4.78, 5) is 16.0. The normalized spacial score (nSPS) is 19.3. The van der Waals surface area contributed by atoms with Gasteiger partial charge in [-0.2, -0.15) is 14.7 Å². The summed E-state index contributed by atoms with van der Waals surface area (Å²) in [5.74, 6) is 0.846. The van der Waals surface area contributed by atoms with E-state index in [1.54, 1.807) is 36.5 Å². The van der Waals surface area contributed by atoms with Crippen LogP contribution in [-0.2, 0) is 6.42 Å². The molecule has 2 aliphatic carbocycles. The average molecular weight is 471 g/mol. The highest BCUT2D eigenvalue weighted by molar-refractivity contribution is 5.86. The monoisotopic (exact) mass is 470 g/mol. The Hall–Kier alpha value is -3.85. The molecule has 8 nitrogen and oxygen atoms in total. The fourth-order valence-electron chi connectivity index (χ4n) is 5.73. The van der Waals surface area contributed by atoms with Gasteiger partial charge in [-0.25, -0.2) is 9.37 Å². The topological polar surface area (TPSA) is 104 Å². The fourth-order valence-corrected chi connectivity index (χ4v) is 5.73. The highest BCUT2D eigenvalue weighted by Crippen LogP contribution is 2.52. The first-order chi connectivity index (χ1) is 16.9. The molecule has 3 aromatic heterocycles. The van der Waals surface area contributed by atoms with E-state index in [1.165, 1.54) is 6.20 Å². The number of benzene rings is 1. The predicted octanol–water partition coefficient (Wildman–Crippen LogP) is 3.40. The molecule has 176 valence electrons. The Morgan fingerprint density at radius 2 is 2.11 bits per heavy atom. The third-order valence-corrected chi connectivity index (χ3v) is 7.84. The maximum Gasteiger partial charge on any atom is 0.324 e. The number of pyridine rings is 2. The van der Waals surface area contributed by atoms with Crippen LogP contribution >= 0.6 is 0 Å². The molecule has 1 saturated heterocycles. The van der Waals surface area contributed by atoms with Gasteiger partial charge in [-0.1, -0.05) is 0 Å². The standard InChI is InChI=1S/C26H23FN6O2/c1-14-7-15(27)8-18-17(14)10-20-23(18)24(32-12-26(13-32)5-4-22(26)28)31-25(30-20)35-16-9-21-19(29-11-16)3-2-6-33(21)34/h2-3,6-9,11,22H,4-5,10,12-13,28H2,1H3/t22-/m1/s1. The van der Waals surface area contributed by atoms with Gasteiger partial charge in [0.1, 0.15) is 17.2 Å². The summed E-state index contributed by atoms with van der Waals surface area (Å²) in [6.45, 7) is 3.55. The first kappa shape index (κ1) is 20.5. The van der Waals surface area contributed by atoms with Crippen LogP contribution in [0.15, 0.2) is 42.7 Å². The molecule has 1 aromatic carbocycles. The van der Waals surface area contributed by atoms with Crippen LogP contribution in [-0.4, -0.2) is 34.1 Å². The van der Waals surface area contributed by atoms with E-state index >= 15 is 0 Å². The SMILES string of the molecule is Cc1cc(F)cc2c1Cc1nc(Oc3cnc4ccc[n+]([O-])c4c3)nc(N3CC4(CC[C@H]4N)C3)c1-2. The molecule has 4 heterocycles. The van der Waals surface area contributed by atoms with Gasteiger partial charge in [0.05, 0.1) is 18.0 Å². The molecule has 0 unspecified atom stereocenters. The van der Waals surface area contributed by atoms with Crippen LogP contribution in [0.1, 0.15) is 29.7 Å². The van der Waals surface area contributed by atoms with Gasteiger partial charge in [-0.3, -0.25) is 0 Å². The van der Waals surface area contributed by atoms with Crippen molar-refractivity contribution in [1.29, 1.82) is 0 Å². The lowest BCUT2D eigenvalue weighted by Gasteiger charge is -2.60. The lowest BCUT2D eigenvalue weighted by molar-refractivity contribution is -0.577. The Morgan fingerprint density at radius 3 is 2.89 bits per heavy atom. The zero-order chi connectivity index (χ0) is 23.9. The van der Waals surface area contributed by atoms with E-state index in [1.807, 2.05) is 6.92 Å². The fraction of sp³-hybridized carbons (Fsp3) is 0.308. The van der Waals surface area contributed by atoms with Crippen molar-refractivity contribution in [1.82, 2.24) is 15.0 Å². The van der Waals surface area contributed by atoms with Crippen LogP contribution in [0.4, 0.5) is 10.2 Å². The van der Waals surface area contributed by atoms with E-state index in [2.05, 4.69) is 9.88 Å². The van der Waals surface area contributed by atoms with E-state index in [0.717, 1.165) is 64.4 Å². The Labute approximate surface area is 200 Å². The second-order valence-electron chi connectivity index (χ2n) is 9.95. The third kappa shape index (κ3) is 3.01. The molecule has 2 fully saturated rings. The van der Waals surface area contributed by atoms with Crippen LogP contribution in [0.5, 0.6) is 11.8 Å². The smallest absolute Gasteiger partial charge is 0.324 e. The lowest BCUT2D eigenvalue weighted by atomic mass is 9.60. The Morgan fingerprint density at radius 1 is 1.26 bits per heavy atom. The quantitative estimate of drug-likeness (QED) is 0.318. The summed E-state index contributed by atoms with van der Waals surface area (Å²) >= 11 is 0. The number of fused-ring (bicyclic) bond motifs is 4. The largest absolute Gasteiger partial charge is 0.618 e. The van der Waals surface area contributed by atoms with Crippen LogP contribution in [0.3, 0.4) is 0 Å². The molecular formula is C26H23FN6O2. The Bertz CT molecular complexity index is 1530. The van der Waals surface area contributed by atoms with E-state index in [4.69, 9.17) is 20.4 Å². The second-order valence-corrected chi connectivity index (χ2v) is 9.95. The number of aromatic nitrogens is 4. The van der Waals surface area contributed by atoms with Crippen LogP contribution in [0, 0.1) is 23.4 Å². The van der Waals surface area contributed by atoms with E-state index < -0.39 is 0 Å². The summed E-state index contributed by atoms with van der Waals surface area (Å²) in [5.41, 5.74) is 11.9. The number of nitrogens with two attached hydrogens (primary N) is 1. The molecule has 1 aliphatic heterocycles.